The quantitative estimate of drug-likeness (QED) is 0.110. The predicted octanol–water partition coefficient (Wildman–Crippen LogP) is 12.0. The Morgan fingerprint density at radius 2 is 0.980 bits per heavy atom. The third kappa shape index (κ3) is 8.66. The van der Waals surface area contributed by atoms with Gasteiger partial charge in [0, 0.05) is 36.6 Å². The molecule has 1 aromatic heterocycles. The Morgan fingerprint density at radius 3 is 1.43 bits per heavy atom. The van der Waals surface area contributed by atoms with Crippen LogP contribution in [-0.4, -0.2) is 0 Å². The first kappa shape index (κ1) is 35.0. The second kappa shape index (κ2) is 17.7. The van der Waals surface area contributed by atoms with E-state index in [0.29, 0.717) is 18.8 Å². The van der Waals surface area contributed by atoms with E-state index in [1.54, 1.807) is 0 Å². The number of nitrogens with zero attached hydrogens (tertiary/aromatic N) is 1. The van der Waals surface area contributed by atoms with Crippen molar-refractivity contribution in [2.24, 2.45) is 0 Å². The van der Waals surface area contributed by atoms with Gasteiger partial charge in [-0.3, -0.25) is 0 Å². The monoisotopic (exact) mass is 728 g/mol. The van der Waals surface area contributed by atoms with Gasteiger partial charge < -0.3 is 5.32 Å². The first-order valence-electron chi connectivity index (χ1n) is 17.1. The normalized spacial score (nSPS) is 13.7. The van der Waals surface area contributed by atoms with Crippen LogP contribution < -0.4 is 9.88 Å². The molecule has 5 heteroatoms. The maximum atomic E-state index is 4.73. The molecule has 1 heterocycles. The molecule has 251 valence electrons. The van der Waals surface area contributed by atoms with Gasteiger partial charge in [0.2, 0.25) is 6.17 Å². The molecule has 1 saturated carbocycles. The standard InChI is InChI=1S/C44H43N2.2ClH.Co/c1-33(46-29-17-6-18-30-46)45-44-40(34-19-15-16-20-34)31-39(42(35-21-7-2-8-22-35)36-23-9-3-10-24-36)32-41(44)43(37-25-11-4-12-26-37)38-27-13-5-14-28-38;;;/h2-14,17-18,21-34,42-43,45H,15-16,19-20H2,1H3;2*1H;/q+1;;;+2/p-2. The number of rotatable bonds is 10. The van der Waals surface area contributed by atoms with E-state index in [1.165, 1.54) is 70.3 Å². The van der Waals surface area contributed by atoms with E-state index >= 15 is 0 Å². The van der Waals surface area contributed by atoms with Crippen molar-refractivity contribution in [3.8, 4) is 0 Å². The average Bonchev–Trinajstić information content (AvgIpc) is 3.70. The number of anilines is 1. The maximum absolute atomic E-state index is 4.73. The summed E-state index contributed by atoms with van der Waals surface area (Å²) >= 11 is 0.382. The van der Waals surface area contributed by atoms with Crippen molar-refractivity contribution in [2.45, 2.75) is 56.5 Å². The molecule has 0 spiro atoms. The second-order valence-electron chi connectivity index (χ2n) is 12.8. The fourth-order valence-corrected chi connectivity index (χ4v) is 7.50. The molecule has 1 aliphatic carbocycles. The minimum atomic E-state index is 0.0742. The van der Waals surface area contributed by atoms with Crippen LogP contribution in [0.4, 0.5) is 5.69 Å². The molecule has 0 radical (unpaired) electrons. The molecule has 2 nitrogen and oxygen atoms in total. The number of pyridine rings is 1. The molecule has 0 saturated heterocycles. The van der Waals surface area contributed by atoms with Crippen LogP contribution in [0.5, 0.6) is 0 Å². The van der Waals surface area contributed by atoms with Crippen molar-refractivity contribution < 1.29 is 17.5 Å². The van der Waals surface area contributed by atoms with Crippen molar-refractivity contribution in [3.05, 3.63) is 203 Å². The van der Waals surface area contributed by atoms with Crippen LogP contribution in [0.3, 0.4) is 0 Å². The Morgan fingerprint density at radius 1 is 0.571 bits per heavy atom. The molecule has 1 unspecified atom stereocenters. The minimum absolute atomic E-state index is 0.0742. The van der Waals surface area contributed by atoms with Gasteiger partial charge in [-0.25, -0.2) is 0 Å². The Labute approximate surface area is 306 Å². The van der Waals surface area contributed by atoms with Gasteiger partial charge in [0.15, 0.2) is 12.4 Å². The zero-order valence-corrected chi connectivity index (χ0v) is 30.3. The molecule has 49 heavy (non-hydrogen) atoms. The summed E-state index contributed by atoms with van der Waals surface area (Å²) in [5, 5.41) is 4.10. The number of hydrogen-bond acceptors (Lipinski definition) is 1. The summed E-state index contributed by atoms with van der Waals surface area (Å²) in [5.74, 6) is 0.724. The van der Waals surface area contributed by atoms with E-state index in [4.69, 9.17) is 20.3 Å². The van der Waals surface area contributed by atoms with Gasteiger partial charge in [-0.05, 0) is 57.7 Å². The predicted molar refractivity (Wildman–Crippen MR) is 202 cm³/mol. The fourth-order valence-electron chi connectivity index (χ4n) is 7.50. The van der Waals surface area contributed by atoms with Gasteiger partial charge in [0.05, 0.1) is 0 Å². The molecule has 1 N–H and O–H groups in total. The first-order chi connectivity index (χ1) is 24.2. The second-order valence-corrected chi connectivity index (χ2v) is 14.5. The molecule has 7 rings (SSSR count). The topological polar surface area (TPSA) is 15.9 Å². The van der Waals surface area contributed by atoms with Gasteiger partial charge >= 0.3 is 33.2 Å². The van der Waals surface area contributed by atoms with Crippen LogP contribution in [0.1, 0.15) is 95.5 Å². The van der Waals surface area contributed by atoms with Crippen LogP contribution in [0.2, 0.25) is 0 Å². The fraction of sp³-hybridized carbons (Fsp3) is 0.205. The first-order valence-corrected chi connectivity index (χ1v) is 20.0. The molecule has 0 aliphatic heterocycles. The van der Waals surface area contributed by atoms with Crippen LogP contribution in [0.15, 0.2) is 164 Å². The molecular weight excluding hydrogens is 686 g/mol. The van der Waals surface area contributed by atoms with Crippen molar-refractivity contribution in [2.75, 3.05) is 5.32 Å². The number of aromatic nitrogens is 1. The summed E-state index contributed by atoms with van der Waals surface area (Å²) in [7, 11) is 9.47. The van der Waals surface area contributed by atoms with Crippen molar-refractivity contribution in [1.82, 2.24) is 0 Å². The summed E-state index contributed by atoms with van der Waals surface area (Å²) < 4.78 is 2.27. The summed E-state index contributed by atoms with van der Waals surface area (Å²) in [4.78, 5) is 0. The zero-order chi connectivity index (χ0) is 33.8. The van der Waals surface area contributed by atoms with E-state index in [-0.39, 0.29) is 18.0 Å². The molecule has 1 atom stereocenters. The molecule has 5 aromatic carbocycles. The van der Waals surface area contributed by atoms with Gasteiger partial charge in [-0.1, -0.05) is 152 Å². The van der Waals surface area contributed by atoms with Crippen molar-refractivity contribution in [3.63, 3.8) is 0 Å². The average molecular weight is 730 g/mol. The molecule has 1 fully saturated rings. The van der Waals surface area contributed by atoms with Crippen LogP contribution >= 0.6 is 20.3 Å². The van der Waals surface area contributed by atoms with E-state index in [9.17, 15) is 0 Å². The number of hydrogen-bond donors (Lipinski definition) is 1. The third-order valence-electron chi connectivity index (χ3n) is 9.73. The Hall–Kier alpha value is -3.86. The van der Waals surface area contributed by atoms with Gasteiger partial charge in [0.1, 0.15) is 0 Å². The molecule has 0 amide bonds. The van der Waals surface area contributed by atoms with Gasteiger partial charge in [-0.2, -0.15) is 4.57 Å². The third-order valence-corrected chi connectivity index (χ3v) is 9.73. The summed E-state index contributed by atoms with van der Waals surface area (Å²) in [5.41, 5.74) is 10.7. The molecule has 0 bridgehead atoms. The molecular formula is C44H43Cl2CoN2+. The van der Waals surface area contributed by atoms with Crippen LogP contribution in [0.25, 0.3) is 0 Å². The summed E-state index contributed by atoms with van der Waals surface area (Å²) in [6.45, 7) is 2.27. The van der Waals surface area contributed by atoms with Crippen molar-refractivity contribution in [1.29, 1.82) is 0 Å². The zero-order valence-electron chi connectivity index (χ0n) is 27.8. The van der Waals surface area contributed by atoms with Crippen LogP contribution in [-0.2, 0) is 12.9 Å². The SMILES string of the molecule is CC(Nc1c(C2CCCC2)cc(C(c2ccccc2)c2ccccc2)cc1C(c1ccccc1)c1ccccc1)[n+]1ccccc1.[Cl][Co][Cl]. The summed E-state index contributed by atoms with van der Waals surface area (Å²) in [6.07, 6.45) is 9.43. The van der Waals surface area contributed by atoms with E-state index < -0.39 is 0 Å². The van der Waals surface area contributed by atoms with E-state index in [2.05, 4.69) is 181 Å². The summed E-state index contributed by atoms with van der Waals surface area (Å²) in [6, 6.07) is 55.7. The number of nitrogens with one attached hydrogen (secondary N) is 1. The Kier molecular flexibility index (Phi) is 12.6. The Bertz CT molecular complexity index is 1770. The molecule has 1 aliphatic rings. The Balaban J connectivity index is 0.00000134. The van der Waals surface area contributed by atoms with E-state index in [0.717, 1.165) is 0 Å². The number of benzene rings is 5. The van der Waals surface area contributed by atoms with Crippen molar-refractivity contribution >= 4 is 26.0 Å². The number of halogens is 2. The van der Waals surface area contributed by atoms with Crippen LogP contribution in [0, 0.1) is 0 Å². The van der Waals surface area contributed by atoms with E-state index in [1.807, 2.05) is 0 Å². The van der Waals surface area contributed by atoms with Gasteiger partial charge in [0.25, 0.3) is 0 Å². The van der Waals surface area contributed by atoms with Gasteiger partial charge in [-0.15, -0.1) is 0 Å². The molecule has 6 aromatic rings.